The van der Waals surface area contributed by atoms with Gasteiger partial charge in [-0.05, 0) is 113 Å². The van der Waals surface area contributed by atoms with Crippen LogP contribution >= 0.6 is 0 Å². The molecule has 1 N–H and O–H groups in total. The summed E-state index contributed by atoms with van der Waals surface area (Å²) in [5, 5.41) is 11.7. The van der Waals surface area contributed by atoms with Crippen molar-refractivity contribution in [2.75, 3.05) is 0 Å². The van der Waals surface area contributed by atoms with E-state index in [0.717, 1.165) is 38.5 Å². The SMILES string of the molecule is C=C(C)C1CCC2(C)C3C(CC4C(C(C)(O)CCC=C(C)C)CCC42C)OC(=O)CCC13C. The van der Waals surface area contributed by atoms with Crippen molar-refractivity contribution in [2.45, 2.75) is 118 Å². The van der Waals surface area contributed by atoms with Crippen molar-refractivity contribution in [1.82, 2.24) is 0 Å². The normalized spacial score (nSPS) is 46.3. The Balaban J connectivity index is 1.73. The van der Waals surface area contributed by atoms with E-state index in [1.165, 1.54) is 24.0 Å². The third-order valence-electron chi connectivity index (χ3n) is 11.3. The van der Waals surface area contributed by atoms with Gasteiger partial charge in [-0.2, -0.15) is 0 Å². The molecular weight excluding hydrogens is 408 g/mol. The molecule has 0 aromatic carbocycles. The monoisotopic (exact) mass is 456 g/mol. The maximum absolute atomic E-state index is 12.8. The molecule has 1 saturated heterocycles. The van der Waals surface area contributed by atoms with Crippen LogP contribution in [0.2, 0.25) is 0 Å². The average molecular weight is 457 g/mol. The number of carbonyl (C=O) groups is 1. The molecule has 0 bridgehead atoms. The van der Waals surface area contributed by atoms with E-state index in [1.807, 2.05) is 0 Å². The lowest BCUT2D eigenvalue weighted by Gasteiger charge is -2.67. The summed E-state index contributed by atoms with van der Waals surface area (Å²) < 4.78 is 6.28. The summed E-state index contributed by atoms with van der Waals surface area (Å²) in [6.07, 6.45) is 10.8. The lowest BCUT2D eigenvalue weighted by molar-refractivity contribution is -0.221. The second-order valence-corrected chi connectivity index (χ2v) is 13.4. The number of esters is 1. The van der Waals surface area contributed by atoms with Crippen LogP contribution in [-0.4, -0.2) is 22.8 Å². The molecule has 33 heavy (non-hydrogen) atoms. The van der Waals surface area contributed by atoms with E-state index < -0.39 is 5.60 Å². The summed E-state index contributed by atoms with van der Waals surface area (Å²) in [6, 6.07) is 0. The quantitative estimate of drug-likeness (QED) is 0.350. The molecule has 3 heteroatoms. The minimum Gasteiger partial charge on any atom is -0.462 e. The van der Waals surface area contributed by atoms with E-state index in [0.29, 0.717) is 24.2 Å². The maximum Gasteiger partial charge on any atom is 0.306 e. The standard InChI is InChI=1S/C30H48O3/c1-19(2)10-9-14-30(8,32)22-12-16-28(6)23(22)18-24-26-27(5,15-13-25(31)33-24)21(20(3)4)11-17-29(26,28)7/h10,21-24,26,32H,3,9,11-18H2,1-2,4-8H3. The van der Waals surface area contributed by atoms with Gasteiger partial charge in [-0.25, -0.2) is 0 Å². The molecule has 0 aromatic rings. The van der Waals surface area contributed by atoms with Gasteiger partial charge in [0.25, 0.3) is 0 Å². The fourth-order valence-electron chi connectivity index (χ4n) is 9.59. The molecule has 0 radical (unpaired) electrons. The van der Waals surface area contributed by atoms with Crippen LogP contribution in [0.25, 0.3) is 0 Å². The number of hydrogen-bond donors (Lipinski definition) is 1. The first kappa shape index (κ1) is 25.0. The van der Waals surface area contributed by atoms with Crippen LogP contribution in [0.15, 0.2) is 23.8 Å². The Morgan fingerprint density at radius 3 is 2.45 bits per heavy atom. The van der Waals surface area contributed by atoms with Gasteiger partial charge in [0.1, 0.15) is 6.10 Å². The van der Waals surface area contributed by atoms with Crippen LogP contribution < -0.4 is 0 Å². The molecule has 4 rings (SSSR count). The predicted molar refractivity (Wildman–Crippen MR) is 135 cm³/mol. The van der Waals surface area contributed by atoms with Crippen molar-refractivity contribution in [2.24, 2.45) is 39.9 Å². The molecule has 3 saturated carbocycles. The van der Waals surface area contributed by atoms with Crippen molar-refractivity contribution < 1.29 is 14.6 Å². The van der Waals surface area contributed by atoms with Crippen LogP contribution in [-0.2, 0) is 9.53 Å². The summed E-state index contributed by atoms with van der Waals surface area (Å²) in [5.41, 5.74) is 2.21. The highest BCUT2D eigenvalue weighted by molar-refractivity contribution is 5.70. The second-order valence-electron chi connectivity index (χ2n) is 13.4. The van der Waals surface area contributed by atoms with E-state index in [1.54, 1.807) is 0 Å². The lowest BCUT2D eigenvalue weighted by atomic mass is 9.37. The molecule has 0 aromatic heterocycles. The first-order valence-corrected chi connectivity index (χ1v) is 13.5. The number of hydrogen-bond acceptors (Lipinski definition) is 3. The van der Waals surface area contributed by atoms with E-state index in [2.05, 4.69) is 61.1 Å². The number of allylic oxidation sites excluding steroid dienone is 3. The molecule has 1 heterocycles. The zero-order valence-electron chi connectivity index (χ0n) is 22.3. The summed E-state index contributed by atoms with van der Waals surface area (Å²) in [6.45, 7) is 20.4. The number of ether oxygens (including phenoxy) is 1. The first-order chi connectivity index (χ1) is 15.3. The third kappa shape index (κ3) is 3.76. The van der Waals surface area contributed by atoms with Gasteiger partial charge in [0.15, 0.2) is 0 Å². The molecule has 9 unspecified atom stereocenters. The molecule has 0 amide bonds. The minimum atomic E-state index is -0.690. The average Bonchev–Trinajstić information content (AvgIpc) is 2.98. The topological polar surface area (TPSA) is 46.5 Å². The lowest BCUT2D eigenvalue weighted by Crippen LogP contribution is -2.64. The Bertz CT molecular complexity index is 835. The molecule has 3 aliphatic carbocycles. The highest BCUT2D eigenvalue weighted by Gasteiger charge is 2.70. The number of carbonyl (C=O) groups excluding carboxylic acids is 1. The molecule has 186 valence electrons. The highest BCUT2D eigenvalue weighted by Crippen LogP contribution is 2.74. The van der Waals surface area contributed by atoms with Crippen LogP contribution in [0.5, 0.6) is 0 Å². The van der Waals surface area contributed by atoms with Gasteiger partial charge < -0.3 is 9.84 Å². The predicted octanol–water partition coefficient (Wildman–Crippen LogP) is 7.24. The van der Waals surface area contributed by atoms with Gasteiger partial charge in [0.2, 0.25) is 0 Å². The van der Waals surface area contributed by atoms with E-state index in [4.69, 9.17) is 4.74 Å². The minimum absolute atomic E-state index is 0.0214. The molecule has 0 spiro atoms. The third-order valence-corrected chi connectivity index (χ3v) is 11.3. The van der Waals surface area contributed by atoms with Crippen LogP contribution in [0.1, 0.15) is 106 Å². The number of fused-ring (bicyclic) bond motifs is 2. The molecule has 3 nitrogen and oxygen atoms in total. The molecule has 9 atom stereocenters. The molecule has 4 fully saturated rings. The second kappa shape index (κ2) is 8.25. The van der Waals surface area contributed by atoms with Gasteiger partial charge in [-0.1, -0.05) is 44.6 Å². The smallest absolute Gasteiger partial charge is 0.306 e. The van der Waals surface area contributed by atoms with Crippen LogP contribution in [0.3, 0.4) is 0 Å². The van der Waals surface area contributed by atoms with Gasteiger partial charge in [-0.3, -0.25) is 4.79 Å². The summed E-state index contributed by atoms with van der Waals surface area (Å²) in [4.78, 5) is 12.8. The van der Waals surface area contributed by atoms with Crippen molar-refractivity contribution in [3.05, 3.63) is 23.8 Å². The summed E-state index contributed by atoms with van der Waals surface area (Å²) in [5.74, 6) is 1.45. The van der Waals surface area contributed by atoms with Gasteiger partial charge in [0.05, 0.1) is 5.60 Å². The Morgan fingerprint density at radius 1 is 1.15 bits per heavy atom. The highest BCUT2D eigenvalue weighted by atomic mass is 16.5. The molecule has 4 aliphatic rings. The Labute approximate surface area is 202 Å². The van der Waals surface area contributed by atoms with Crippen molar-refractivity contribution in [3.8, 4) is 0 Å². The largest absolute Gasteiger partial charge is 0.462 e. The Hall–Kier alpha value is -1.09. The van der Waals surface area contributed by atoms with E-state index in [-0.39, 0.29) is 34.2 Å². The molecule has 1 aliphatic heterocycles. The first-order valence-electron chi connectivity index (χ1n) is 13.5. The number of aliphatic hydroxyl groups is 1. The van der Waals surface area contributed by atoms with Gasteiger partial charge >= 0.3 is 5.97 Å². The van der Waals surface area contributed by atoms with E-state index >= 15 is 0 Å². The van der Waals surface area contributed by atoms with Crippen LogP contribution in [0, 0.1) is 39.9 Å². The van der Waals surface area contributed by atoms with Crippen molar-refractivity contribution >= 4 is 5.97 Å². The molecular formula is C30H48O3. The fourth-order valence-corrected chi connectivity index (χ4v) is 9.59. The maximum atomic E-state index is 12.8. The van der Waals surface area contributed by atoms with Crippen molar-refractivity contribution in [1.29, 1.82) is 0 Å². The zero-order chi connectivity index (χ0) is 24.4. The summed E-state index contributed by atoms with van der Waals surface area (Å²) >= 11 is 0. The zero-order valence-corrected chi connectivity index (χ0v) is 22.3. The number of rotatable bonds is 5. The van der Waals surface area contributed by atoms with E-state index in [9.17, 15) is 9.90 Å². The van der Waals surface area contributed by atoms with Gasteiger partial charge in [-0.15, -0.1) is 0 Å². The van der Waals surface area contributed by atoms with Crippen LogP contribution in [0.4, 0.5) is 0 Å². The van der Waals surface area contributed by atoms with Crippen molar-refractivity contribution in [3.63, 3.8) is 0 Å². The van der Waals surface area contributed by atoms with Gasteiger partial charge in [0, 0.05) is 12.3 Å². The fraction of sp³-hybridized carbons (Fsp3) is 0.833. The Morgan fingerprint density at radius 2 is 1.82 bits per heavy atom. The summed E-state index contributed by atoms with van der Waals surface area (Å²) in [7, 11) is 0. The Kier molecular flexibility index (Phi) is 6.25.